The second-order valence-corrected chi connectivity index (χ2v) is 6.78. The SMILES string of the molecule is CCOc1cc(/C=N\NC(=O)c2ccc(C)nc2)ccc1OC(=O)c1ccc(C)cc1. The number of nitrogens with one attached hydrogen (secondary N) is 1. The zero-order valence-corrected chi connectivity index (χ0v) is 17.6. The van der Waals surface area contributed by atoms with Gasteiger partial charge in [-0.25, -0.2) is 10.2 Å². The summed E-state index contributed by atoms with van der Waals surface area (Å²) in [4.78, 5) is 28.6. The van der Waals surface area contributed by atoms with Gasteiger partial charge in [0.25, 0.3) is 5.91 Å². The van der Waals surface area contributed by atoms with E-state index in [1.165, 1.54) is 12.4 Å². The molecule has 2 aromatic carbocycles. The smallest absolute Gasteiger partial charge is 0.343 e. The van der Waals surface area contributed by atoms with Crippen molar-refractivity contribution in [2.45, 2.75) is 20.8 Å². The number of amides is 1. The Labute approximate surface area is 180 Å². The normalized spacial score (nSPS) is 10.7. The van der Waals surface area contributed by atoms with Crippen LogP contribution in [0.15, 0.2) is 65.9 Å². The predicted molar refractivity (Wildman–Crippen MR) is 118 cm³/mol. The summed E-state index contributed by atoms with van der Waals surface area (Å²) in [5, 5.41) is 3.97. The van der Waals surface area contributed by atoms with E-state index in [4.69, 9.17) is 9.47 Å². The Morgan fingerprint density at radius 2 is 1.74 bits per heavy atom. The summed E-state index contributed by atoms with van der Waals surface area (Å²) < 4.78 is 11.1. The Hall–Kier alpha value is -4.00. The fraction of sp³-hybridized carbons (Fsp3) is 0.167. The van der Waals surface area contributed by atoms with Crippen molar-refractivity contribution in [3.63, 3.8) is 0 Å². The first kappa shape index (κ1) is 21.7. The molecule has 1 N–H and O–H groups in total. The van der Waals surface area contributed by atoms with Crippen molar-refractivity contribution in [3.8, 4) is 11.5 Å². The van der Waals surface area contributed by atoms with Gasteiger partial charge in [-0.1, -0.05) is 17.7 Å². The standard InChI is InChI=1S/C24H23N3O4/c1-4-30-22-13-18(14-26-27-23(28)20-11-7-17(3)25-15-20)8-12-21(22)31-24(29)19-9-5-16(2)6-10-19/h5-15H,4H2,1-3H3,(H,27,28)/b26-14-. The van der Waals surface area contributed by atoms with E-state index in [0.29, 0.717) is 34.8 Å². The maximum Gasteiger partial charge on any atom is 0.343 e. The topological polar surface area (TPSA) is 89.9 Å². The average molecular weight is 417 g/mol. The highest BCUT2D eigenvalue weighted by molar-refractivity contribution is 5.94. The molecule has 0 aliphatic rings. The molecule has 1 heterocycles. The molecular formula is C24H23N3O4. The molecule has 0 bridgehead atoms. The van der Waals surface area contributed by atoms with Crippen LogP contribution in [-0.2, 0) is 0 Å². The van der Waals surface area contributed by atoms with Gasteiger partial charge in [0.05, 0.1) is 23.9 Å². The largest absolute Gasteiger partial charge is 0.490 e. The number of hydrazone groups is 1. The Kier molecular flexibility index (Phi) is 7.11. The third kappa shape index (κ3) is 5.99. The Morgan fingerprint density at radius 1 is 1.00 bits per heavy atom. The number of aromatic nitrogens is 1. The fourth-order valence-corrected chi connectivity index (χ4v) is 2.64. The van der Waals surface area contributed by atoms with Gasteiger partial charge in [-0.05, 0) is 68.8 Å². The highest BCUT2D eigenvalue weighted by Crippen LogP contribution is 2.29. The highest BCUT2D eigenvalue weighted by Gasteiger charge is 2.13. The Balaban J connectivity index is 1.69. The minimum absolute atomic E-state index is 0.305. The van der Waals surface area contributed by atoms with Crippen LogP contribution in [-0.4, -0.2) is 29.7 Å². The lowest BCUT2D eigenvalue weighted by Gasteiger charge is -2.11. The van der Waals surface area contributed by atoms with E-state index in [9.17, 15) is 9.59 Å². The number of esters is 1. The lowest BCUT2D eigenvalue weighted by atomic mass is 10.1. The molecule has 0 spiro atoms. The van der Waals surface area contributed by atoms with E-state index >= 15 is 0 Å². The molecule has 158 valence electrons. The summed E-state index contributed by atoms with van der Waals surface area (Å²) >= 11 is 0. The summed E-state index contributed by atoms with van der Waals surface area (Å²) in [6.07, 6.45) is 2.97. The van der Waals surface area contributed by atoms with Crippen LogP contribution in [0, 0.1) is 13.8 Å². The number of carbonyl (C=O) groups is 2. The number of rotatable bonds is 7. The molecule has 0 aliphatic carbocycles. The van der Waals surface area contributed by atoms with Gasteiger partial charge in [0.1, 0.15) is 0 Å². The summed E-state index contributed by atoms with van der Waals surface area (Å²) in [7, 11) is 0. The van der Waals surface area contributed by atoms with Gasteiger partial charge in [-0.15, -0.1) is 0 Å². The molecular weight excluding hydrogens is 394 g/mol. The molecule has 0 saturated carbocycles. The van der Waals surface area contributed by atoms with Crippen molar-refractivity contribution < 1.29 is 19.1 Å². The van der Waals surface area contributed by atoms with Gasteiger partial charge in [-0.2, -0.15) is 5.10 Å². The molecule has 0 atom stereocenters. The lowest BCUT2D eigenvalue weighted by Crippen LogP contribution is -2.17. The molecule has 1 amide bonds. The van der Waals surface area contributed by atoms with Gasteiger partial charge in [0.2, 0.25) is 0 Å². The molecule has 0 unspecified atom stereocenters. The molecule has 0 aliphatic heterocycles. The van der Waals surface area contributed by atoms with Crippen LogP contribution < -0.4 is 14.9 Å². The van der Waals surface area contributed by atoms with Gasteiger partial charge in [-0.3, -0.25) is 9.78 Å². The monoisotopic (exact) mass is 417 g/mol. The lowest BCUT2D eigenvalue weighted by molar-refractivity contribution is 0.0728. The molecule has 0 radical (unpaired) electrons. The van der Waals surface area contributed by atoms with Crippen molar-refractivity contribution >= 4 is 18.1 Å². The zero-order chi connectivity index (χ0) is 22.2. The van der Waals surface area contributed by atoms with Crippen molar-refractivity contribution in [2.75, 3.05) is 6.61 Å². The molecule has 3 aromatic rings. The van der Waals surface area contributed by atoms with Crippen molar-refractivity contribution in [1.29, 1.82) is 0 Å². The quantitative estimate of drug-likeness (QED) is 0.271. The molecule has 7 nitrogen and oxygen atoms in total. The number of pyridine rings is 1. The molecule has 31 heavy (non-hydrogen) atoms. The molecule has 3 rings (SSSR count). The van der Waals surface area contributed by atoms with E-state index in [-0.39, 0.29) is 5.91 Å². The van der Waals surface area contributed by atoms with E-state index < -0.39 is 5.97 Å². The number of carbonyl (C=O) groups excluding carboxylic acids is 2. The van der Waals surface area contributed by atoms with E-state index in [1.54, 1.807) is 42.5 Å². The zero-order valence-electron chi connectivity index (χ0n) is 17.6. The first-order chi connectivity index (χ1) is 15.0. The number of benzene rings is 2. The van der Waals surface area contributed by atoms with Crippen LogP contribution in [0.2, 0.25) is 0 Å². The second kappa shape index (κ2) is 10.2. The van der Waals surface area contributed by atoms with Crippen LogP contribution in [0.3, 0.4) is 0 Å². The Bertz CT molecular complexity index is 1090. The summed E-state index contributed by atoms with van der Waals surface area (Å²) in [5.41, 5.74) is 5.87. The predicted octanol–water partition coefficient (Wildman–Crippen LogP) is 4.08. The third-order valence-electron chi connectivity index (χ3n) is 4.31. The van der Waals surface area contributed by atoms with Gasteiger partial charge in [0.15, 0.2) is 11.5 Å². The number of ether oxygens (including phenoxy) is 2. The van der Waals surface area contributed by atoms with E-state index in [1.807, 2.05) is 32.9 Å². The molecule has 1 aromatic heterocycles. The van der Waals surface area contributed by atoms with Gasteiger partial charge in [0, 0.05) is 11.9 Å². The minimum Gasteiger partial charge on any atom is -0.490 e. The molecule has 7 heteroatoms. The maximum absolute atomic E-state index is 12.4. The fourth-order valence-electron chi connectivity index (χ4n) is 2.64. The van der Waals surface area contributed by atoms with Crippen LogP contribution >= 0.6 is 0 Å². The second-order valence-electron chi connectivity index (χ2n) is 6.78. The van der Waals surface area contributed by atoms with Crippen LogP contribution in [0.5, 0.6) is 11.5 Å². The average Bonchev–Trinajstić information content (AvgIpc) is 2.76. The summed E-state index contributed by atoms with van der Waals surface area (Å²) in [5.74, 6) is -0.126. The maximum atomic E-state index is 12.4. The molecule has 0 fully saturated rings. The van der Waals surface area contributed by atoms with Crippen LogP contribution in [0.1, 0.15) is 44.5 Å². The van der Waals surface area contributed by atoms with Crippen molar-refractivity contribution in [3.05, 3.63) is 88.7 Å². The number of hydrogen-bond acceptors (Lipinski definition) is 6. The first-order valence-corrected chi connectivity index (χ1v) is 9.78. The Morgan fingerprint density at radius 3 is 2.42 bits per heavy atom. The summed E-state index contributed by atoms with van der Waals surface area (Å²) in [6, 6.07) is 15.6. The van der Waals surface area contributed by atoms with Crippen molar-refractivity contribution in [1.82, 2.24) is 10.4 Å². The number of nitrogens with zero attached hydrogens (tertiary/aromatic N) is 2. The summed E-state index contributed by atoms with van der Waals surface area (Å²) in [6.45, 7) is 6.02. The van der Waals surface area contributed by atoms with Crippen molar-refractivity contribution in [2.24, 2.45) is 5.10 Å². The first-order valence-electron chi connectivity index (χ1n) is 9.78. The van der Waals surface area contributed by atoms with Gasteiger partial charge < -0.3 is 9.47 Å². The highest BCUT2D eigenvalue weighted by atomic mass is 16.6. The van der Waals surface area contributed by atoms with E-state index in [2.05, 4.69) is 15.5 Å². The van der Waals surface area contributed by atoms with E-state index in [0.717, 1.165) is 11.3 Å². The minimum atomic E-state index is -0.471. The van der Waals surface area contributed by atoms with Crippen LogP contribution in [0.4, 0.5) is 0 Å². The number of aryl methyl sites for hydroxylation is 2. The number of hydrogen-bond donors (Lipinski definition) is 1. The van der Waals surface area contributed by atoms with Gasteiger partial charge >= 0.3 is 5.97 Å². The van der Waals surface area contributed by atoms with Crippen LogP contribution in [0.25, 0.3) is 0 Å². The molecule has 0 saturated heterocycles. The third-order valence-corrected chi connectivity index (χ3v) is 4.31.